The van der Waals surface area contributed by atoms with Gasteiger partial charge in [0.15, 0.2) is 22.7 Å². The number of oxime groups is 1. The molecule has 0 spiro atoms. The Kier molecular flexibility index (Phi) is 7.94. The van der Waals surface area contributed by atoms with Crippen LogP contribution in [-0.2, 0) is 24.7 Å². The molecule has 0 radical (unpaired) electrons. The summed E-state index contributed by atoms with van der Waals surface area (Å²) in [5.74, 6) is -4.06. The molecule has 0 aliphatic carbocycles. The van der Waals surface area contributed by atoms with E-state index in [0.29, 0.717) is 10.9 Å². The molecule has 0 bridgehead atoms. The van der Waals surface area contributed by atoms with Crippen molar-refractivity contribution < 1.29 is 46.5 Å². The lowest BCUT2D eigenvalue weighted by Crippen LogP contribution is -2.82. The minimum atomic E-state index is -5.36. The van der Waals surface area contributed by atoms with Crippen LogP contribution in [-0.4, -0.2) is 79.8 Å². The molecule has 208 valence electrons. The van der Waals surface area contributed by atoms with Gasteiger partial charge in [0.1, 0.15) is 36.3 Å². The Labute approximate surface area is 217 Å². The van der Waals surface area contributed by atoms with Crippen molar-refractivity contribution in [2.45, 2.75) is 31.5 Å². The molecule has 2 atom stereocenters. The Hall–Kier alpha value is -3.84. The minimum absolute atomic E-state index is 0.0252. The molecule has 2 aromatic heterocycles. The highest BCUT2D eigenvalue weighted by molar-refractivity contribution is 7.84. The molecule has 1 fully saturated rings. The number of hydrogen-bond acceptors (Lipinski definition) is 12. The van der Waals surface area contributed by atoms with Crippen LogP contribution in [0, 0.1) is 5.92 Å². The predicted molar refractivity (Wildman–Crippen MR) is 126 cm³/mol. The number of aromatic hydroxyl groups is 1. The molecule has 2 aromatic rings. The average molecular weight is 581 g/mol. The number of hydrogen-bond donors (Lipinski definition) is 5. The van der Waals surface area contributed by atoms with Gasteiger partial charge in [-0.15, -0.1) is 11.3 Å². The molecule has 1 saturated heterocycles. The van der Waals surface area contributed by atoms with Crippen molar-refractivity contribution in [2.24, 2.45) is 11.1 Å². The Bertz CT molecular complexity index is 1440. The number of nitrogen functional groups attached to an aromatic ring is 1. The maximum absolute atomic E-state index is 13.8. The van der Waals surface area contributed by atoms with Crippen LogP contribution in [0.15, 0.2) is 27.6 Å². The van der Waals surface area contributed by atoms with Crippen molar-refractivity contribution in [1.29, 1.82) is 0 Å². The van der Waals surface area contributed by atoms with E-state index in [1.807, 2.05) is 5.32 Å². The molecule has 1 aliphatic heterocycles. The fourth-order valence-electron chi connectivity index (χ4n) is 3.62. The van der Waals surface area contributed by atoms with Crippen molar-refractivity contribution in [1.82, 2.24) is 19.3 Å². The van der Waals surface area contributed by atoms with Gasteiger partial charge in [0, 0.05) is 11.4 Å². The van der Waals surface area contributed by atoms with E-state index in [0.717, 1.165) is 17.4 Å². The number of carbonyl (C=O) groups is 2. The number of aromatic nitrogens is 2. The minimum Gasteiger partial charge on any atom is -0.503 e. The lowest BCUT2D eigenvalue weighted by Gasteiger charge is -2.51. The Morgan fingerprint density at radius 3 is 2.50 bits per heavy atom. The van der Waals surface area contributed by atoms with Crippen LogP contribution < -0.4 is 16.5 Å². The average Bonchev–Trinajstić information content (AvgIpc) is 3.25. The number of alkyl halides is 2. The van der Waals surface area contributed by atoms with Crippen LogP contribution in [0.3, 0.4) is 0 Å². The topological polar surface area (TPSA) is 227 Å². The largest absolute Gasteiger partial charge is 0.503 e. The van der Waals surface area contributed by atoms with Crippen molar-refractivity contribution >= 4 is 44.3 Å². The van der Waals surface area contributed by atoms with Gasteiger partial charge in [-0.2, -0.15) is 13.1 Å². The van der Waals surface area contributed by atoms with Gasteiger partial charge in [0.25, 0.3) is 11.8 Å². The van der Waals surface area contributed by atoms with Gasteiger partial charge in [-0.3, -0.25) is 18.9 Å². The molecule has 2 amide bonds. The van der Waals surface area contributed by atoms with E-state index < -0.39 is 80.3 Å². The molecule has 15 nitrogen and oxygen atoms in total. The lowest BCUT2D eigenvalue weighted by atomic mass is 9.83. The van der Waals surface area contributed by atoms with Crippen LogP contribution in [0.25, 0.3) is 0 Å². The van der Waals surface area contributed by atoms with Gasteiger partial charge in [-0.05, 0) is 5.92 Å². The molecule has 19 heteroatoms. The summed E-state index contributed by atoms with van der Waals surface area (Å²) < 4.78 is 59.8. The number of carbonyl (C=O) groups excluding carboxylic acids is 2. The van der Waals surface area contributed by atoms with Gasteiger partial charge in [-0.25, -0.2) is 18.1 Å². The summed E-state index contributed by atoms with van der Waals surface area (Å²) >= 11 is 0.874. The maximum Gasteiger partial charge on any atom is 0.363 e. The second kappa shape index (κ2) is 10.5. The second-order valence-electron chi connectivity index (χ2n) is 8.43. The van der Waals surface area contributed by atoms with Crippen LogP contribution >= 0.6 is 11.3 Å². The molecule has 6 N–H and O–H groups in total. The van der Waals surface area contributed by atoms with E-state index in [2.05, 4.69) is 10.1 Å². The summed E-state index contributed by atoms with van der Waals surface area (Å²) in [7, 11) is -5.36. The standard InChI is InChI=1S/C19H22F2N6O9S2/c1-8(2)14(10-3-11(28)12(29)4-26(10)32)36-25-13(9-5-37-18(22)23-9)16(30)24-15-17(31)27(38(33,34)35)19(15,6-20)7-21/h3-5,8,14-15,29,32H,6-7H2,1-2H3,(H2,22,23)(H,24,30)(H,33,34,35)/b25-13-. The fraction of sp³-hybridized carbons (Fsp3) is 0.421. The summed E-state index contributed by atoms with van der Waals surface area (Å²) in [5, 5.41) is 26.6. The van der Waals surface area contributed by atoms with E-state index in [9.17, 15) is 46.4 Å². The van der Waals surface area contributed by atoms with Gasteiger partial charge in [0.2, 0.25) is 5.43 Å². The lowest BCUT2D eigenvalue weighted by molar-refractivity contribution is -0.157. The van der Waals surface area contributed by atoms with E-state index in [-0.39, 0.29) is 16.5 Å². The molecule has 0 aromatic carbocycles. The summed E-state index contributed by atoms with van der Waals surface area (Å²) in [4.78, 5) is 46.6. The number of rotatable bonds is 10. The van der Waals surface area contributed by atoms with Crippen molar-refractivity contribution in [3.8, 4) is 5.75 Å². The van der Waals surface area contributed by atoms with Gasteiger partial charge in [-0.1, -0.05) is 19.0 Å². The first-order valence-electron chi connectivity index (χ1n) is 10.5. The first-order chi connectivity index (χ1) is 17.7. The Balaban J connectivity index is 1.99. The highest BCUT2D eigenvalue weighted by Crippen LogP contribution is 2.36. The quantitative estimate of drug-likeness (QED) is 0.0809. The molecule has 2 unspecified atom stereocenters. The zero-order chi connectivity index (χ0) is 28.6. The Morgan fingerprint density at radius 2 is 2.00 bits per heavy atom. The second-order valence-corrected chi connectivity index (χ2v) is 10.6. The number of nitrogens with one attached hydrogen (secondary N) is 1. The van der Waals surface area contributed by atoms with E-state index in [1.54, 1.807) is 13.8 Å². The number of halogens is 2. The number of thiazole rings is 1. The molecular formula is C19H22F2N6O9S2. The number of nitrogens with two attached hydrogens (primary N) is 1. The predicted octanol–water partition coefficient (Wildman–Crippen LogP) is -0.244. The molecule has 0 saturated carbocycles. The van der Waals surface area contributed by atoms with Gasteiger partial charge >= 0.3 is 10.3 Å². The molecule has 3 heterocycles. The van der Waals surface area contributed by atoms with E-state index >= 15 is 0 Å². The number of β-lactam (4-membered cyclic amide) rings is 1. The smallest absolute Gasteiger partial charge is 0.363 e. The number of anilines is 1. The summed E-state index contributed by atoms with van der Waals surface area (Å²) in [6, 6.07) is -1.20. The molecule has 3 rings (SSSR count). The maximum atomic E-state index is 13.8. The number of amides is 2. The first kappa shape index (κ1) is 28.7. The van der Waals surface area contributed by atoms with Crippen LogP contribution in [0.1, 0.15) is 31.3 Å². The van der Waals surface area contributed by atoms with E-state index in [1.165, 1.54) is 5.38 Å². The number of nitrogens with zero attached hydrogens (tertiary/aromatic N) is 4. The molecule has 38 heavy (non-hydrogen) atoms. The summed E-state index contributed by atoms with van der Waals surface area (Å²) in [6.45, 7) is -0.356. The van der Waals surface area contributed by atoms with Crippen molar-refractivity contribution in [2.75, 3.05) is 19.1 Å². The molecule has 1 aliphatic rings. The summed E-state index contributed by atoms with van der Waals surface area (Å²) in [5.41, 5.74) is 0.968. The monoisotopic (exact) mass is 580 g/mol. The zero-order valence-corrected chi connectivity index (χ0v) is 21.2. The third kappa shape index (κ3) is 5.11. The Morgan fingerprint density at radius 1 is 1.37 bits per heavy atom. The third-order valence-corrected chi connectivity index (χ3v) is 7.21. The third-order valence-electron chi connectivity index (χ3n) is 5.53. The van der Waals surface area contributed by atoms with Crippen LogP contribution in [0.5, 0.6) is 5.75 Å². The van der Waals surface area contributed by atoms with Crippen LogP contribution in [0.2, 0.25) is 0 Å². The first-order valence-corrected chi connectivity index (χ1v) is 12.8. The van der Waals surface area contributed by atoms with Gasteiger partial charge < -0.3 is 26.2 Å². The van der Waals surface area contributed by atoms with Crippen molar-refractivity contribution in [3.63, 3.8) is 0 Å². The fourth-order valence-corrected chi connectivity index (χ4v) is 5.17. The SMILES string of the molecule is CC(C)C(O/N=C(\C(=O)NC1C(=O)N(S(=O)(=O)O)C1(CF)CF)c1csc(N)n1)c1cc(=O)c(O)cn1O. The highest BCUT2D eigenvalue weighted by Gasteiger charge is 2.66. The van der Waals surface area contributed by atoms with Crippen molar-refractivity contribution in [3.05, 3.63) is 39.3 Å². The van der Waals surface area contributed by atoms with Crippen LogP contribution in [0.4, 0.5) is 13.9 Å². The highest BCUT2D eigenvalue weighted by atomic mass is 32.2. The number of pyridine rings is 1. The summed E-state index contributed by atoms with van der Waals surface area (Å²) in [6.07, 6.45) is -0.492. The zero-order valence-electron chi connectivity index (χ0n) is 19.6. The van der Waals surface area contributed by atoms with E-state index in [4.69, 9.17) is 10.6 Å². The van der Waals surface area contributed by atoms with Gasteiger partial charge in [0.05, 0.1) is 6.20 Å². The normalized spacial score (nSPS) is 18.3. The molecular weight excluding hydrogens is 558 g/mol.